The minimum absolute atomic E-state index is 0.0391. The fourth-order valence-corrected chi connectivity index (χ4v) is 5.90. The molecule has 0 spiro atoms. The largest absolute Gasteiger partial charge is 0.416 e. The summed E-state index contributed by atoms with van der Waals surface area (Å²) in [5.41, 5.74) is -6.63. The lowest BCUT2D eigenvalue weighted by Gasteiger charge is -2.28. The zero-order valence-electron chi connectivity index (χ0n) is 37.5. The van der Waals surface area contributed by atoms with E-state index in [0.717, 1.165) is 17.0 Å². The van der Waals surface area contributed by atoms with E-state index in [1.807, 2.05) is 18.7 Å². The Morgan fingerprint density at radius 2 is 1.71 bits per heavy atom. The fraction of sp³-hybridized carbons (Fsp3) is 0.378. The summed E-state index contributed by atoms with van der Waals surface area (Å²) in [5, 5.41) is -0.206. The summed E-state index contributed by atoms with van der Waals surface area (Å²) < 4.78 is 152. The third-order valence-electron chi connectivity index (χ3n) is 7.84. The summed E-state index contributed by atoms with van der Waals surface area (Å²) in [6, 6.07) is -3.48. The maximum absolute atomic E-state index is 14.6. The highest BCUT2D eigenvalue weighted by molar-refractivity contribution is 7.98. The van der Waals surface area contributed by atoms with E-state index in [1.165, 1.54) is 23.6 Å². The molecule has 0 radical (unpaired) electrons. The van der Waals surface area contributed by atoms with Crippen molar-refractivity contribution >= 4 is 17.7 Å². The van der Waals surface area contributed by atoms with Crippen molar-refractivity contribution in [1.82, 2.24) is 19.4 Å². The first-order valence-corrected chi connectivity index (χ1v) is 16.1. The van der Waals surface area contributed by atoms with Gasteiger partial charge in [0.05, 0.1) is 17.9 Å². The molecule has 0 N–H and O–H groups in total. The molecule has 3 aromatic carbocycles. The van der Waals surface area contributed by atoms with E-state index in [9.17, 15) is 29.9 Å². The summed E-state index contributed by atoms with van der Waals surface area (Å²) in [7, 11) is 0. The van der Waals surface area contributed by atoms with Crippen molar-refractivity contribution in [3.05, 3.63) is 116 Å². The van der Waals surface area contributed by atoms with Crippen LogP contribution in [0.2, 0.25) is 0 Å². The number of rotatable bonds is 13. The molecule has 5 rings (SSSR count). The fourth-order valence-electron chi connectivity index (χ4n) is 5.15. The summed E-state index contributed by atoms with van der Waals surface area (Å²) in [6.07, 6.45) is -4.13. The van der Waals surface area contributed by atoms with Crippen LogP contribution in [0, 0.1) is 12.7 Å². The molecule has 254 valence electrons. The number of halogens is 4. The molecule has 4 aromatic rings. The van der Waals surface area contributed by atoms with E-state index in [1.54, 1.807) is 0 Å². The maximum atomic E-state index is 14.6. The molecule has 1 aromatic heterocycles. The number of hydrogen-bond donors (Lipinski definition) is 0. The zero-order chi connectivity index (χ0) is 44.1. The lowest BCUT2D eigenvalue weighted by atomic mass is 9.98. The number of likely N-dealkylation sites (N-methyl/N-ethyl adjacent to an activating group) is 1. The van der Waals surface area contributed by atoms with Crippen LogP contribution >= 0.6 is 11.8 Å². The van der Waals surface area contributed by atoms with E-state index in [0.29, 0.717) is 55.4 Å². The average Bonchev–Trinajstić information content (AvgIpc) is 3.65. The molecular weight excluding hydrogens is 640 g/mol. The third-order valence-corrected chi connectivity index (χ3v) is 8.67. The van der Waals surface area contributed by atoms with Crippen LogP contribution < -0.4 is 5.56 Å². The van der Waals surface area contributed by atoms with Gasteiger partial charge in [-0.25, -0.2) is 4.39 Å². The van der Waals surface area contributed by atoms with Crippen molar-refractivity contribution in [3.8, 4) is 11.1 Å². The number of thioether (sulfide) groups is 1. The van der Waals surface area contributed by atoms with Gasteiger partial charge in [-0.05, 0) is 91.3 Å². The van der Waals surface area contributed by atoms with Gasteiger partial charge in [0.25, 0.3) is 5.56 Å². The molecule has 1 amide bonds. The van der Waals surface area contributed by atoms with Gasteiger partial charge in [0, 0.05) is 39.3 Å². The van der Waals surface area contributed by atoms with Gasteiger partial charge in [-0.1, -0.05) is 68.0 Å². The Hall–Kier alpha value is -3.96. The number of carbonyl (C=O) groups excluding carboxylic acids is 1. The molecule has 0 aliphatic heterocycles. The number of carbonyl (C=O) groups is 1. The van der Waals surface area contributed by atoms with Crippen LogP contribution in [-0.2, 0) is 42.6 Å². The molecule has 0 unspecified atom stereocenters. The minimum Gasteiger partial charge on any atom is -0.336 e. The van der Waals surface area contributed by atoms with Crippen molar-refractivity contribution in [2.75, 3.05) is 26.2 Å². The van der Waals surface area contributed by atoms with Gasteiger partial charge in [-0.15, -0.1) is 0 Å². The molecule has 0 saturated carbocycles. The van der Waals surface area contributed by atoms with Crippen LogP contribution in [0.3, 0.4) is 0 Å². The topological polar surface area (TPSA) is 58.4 Å². The van der Waals surface area contributed by atoms with Gasteiger partial charge >= 0.3 is 6.18 Å². The quantitative estimate of drug-likeness (QED) is 0.0825. The normalized spacial score (nSPS) is 16.7. The van der Waals surface area contributed by atoms with Crippen LogP contribution in [0.5, 0.6) is 0 Å². The van der Waals surface area contributed by atoms with Crippen LogP contribution in [0.25, 0.3) is 11.1 Å². The Labute approximate surface area is 298 Å². The molecule has 0 bridgehead atoms. The third kappa shape index (κ3) is 8.54. The molecular formula is C37H40F4N4O2S. The van der Waals surface area contributed by atoms with E-state index in [2.05, 4.69) is 4.98 Å². The second-order valence-electron chi connectivity index (χ2n) is 11.0. The van der Waals surface area contributed by atoms with Gasteiger partial charge in [-0.2, -0.15) is 18.2 Å². The van der Waals surface area contributed by atoms with Crippen molar-refractivity contribution < 1.29 is 37.4 Å². The Kier molecular flexibility index (Phi) is 7.56. The van der Waals surface area contributed by atoms with E-state index in [4.69, 9.17) is 12.3 Å². The Bertz CT molecular complexity index is 2300. The Morgan fingerprint density at radius 3 is 2.38 bits per heavy atom. The van der Waals surface area contributed by atoms with E-state index < -0.39 is 107 Å². The highest BCUT2D eigenvalue weighted by Crippen LogP contribution is 2.32. The first kappa shape index (κ1) is 23.4. The minimum atomic E-state index is -5.28. The Morgan fingerprint density at radius 1 is 1.02 bits per heavy atom. The van der Waals surface area contributed by atoms with Crippen LogP contribution in [-0.4, -0.2) is 51.4 Å². The molecule has 1 aliphatic rings. The van der Waals surface area contributed by atoms with Gasteiger partial charge in [0.1, 0.15) is 12.4 Å². The lowest BCUT2D eigenvalue weighted by molar-refractivity contribution is -0.137. The van der Waals surface area contributed by atoms with E-state index in [-0.39, 0.29) is 29.4 Å². The second-order valence-corrected chi connectivity index (χ2v) is 11.7. The van der Waals surface area contributed by atoms with Crippen molar-refractivity contribution in [1.29, 1.82) is 0 Å². The van der Waals surface area contributed by atoms with Crippen molar-refractivity contribution in [3.63, 3.8) is 0 Å². The number of amides is 1. The second kappa shape index (κ2) is 15.5. The number of fused-ring (bicyclic) bond motifs is 1. The number of alkyl halides is 3. The van der Waals surface area contributed by atoms with E-state index >= 15 is 0 Å². The number of benzene rings is 3. The molecule has 0 atom stereocenters. The molecule has 0 saturated heterocycles. The summed E-state index contributed by atoms with van der Waals surface area (Å²) >= 11 is 0.500. The molecule has 6 nitrogen and oxygen atoms in total. The predicted octanol–water partition coefficient (Wildman–Crippen LogP) is 7.53. The number of hydrogen-bond acceptors (Lipinski definition) is 5. The first-order valence-electron chi connectivity index (χ1n) is 20.8. The zero-order valence-corrected chi connectivity index (χ0v) is 27.3. The van der Waals surface area contributed by atoms with Gasteiger partial charge < -0.3 is 14.4 Å². The molecule has 1 heterocycles. The Balaban J connectivity index is 1.66. The smallest absolute Gasteiger partial charge is 0.336 e. The van der Waals surface area contributed by atoms with Gasteiger partial charge in [-0.3, -0.25) is 9.59 Å². The van der Waals surface area contributed by atoms with Gasteiger partial charge in [0.2, 0.25) is 5.91 Å². The molecule has 11 heteroatoms. The first-order chi connectivity index (χ1) is 27.4. The van der Waals surface area contributed by atoms with Gasteiger partial charge in [0.15, 0.2) is 5.16 Å². The standard InChI is InChI=1S/C37H40F4N4O2S/c1-4-43(5-2)19-20-44(22-29-12-11-28(21-25(29)3)27-13-15-30(16-14-27)37(39,40)41)34(46)23-45-33-8-6-7-32(33)35(47)42-36(45)48-24-26-9-17-31(38)18-10-26/h9-18,21H,4-8,19-20,22-24H2,1-3H3/i11D,12D,13D,14D,15D,16D,21D,22D2,24D2. The molecule has 1 aliphatic carbocycles. The summed E-state index contributed by atoms with van der Waals surface area (Å²) in [6.45, 7) is 1.98. The SMILES string of the molecule is [2H]c1c([2H])c(C(F)(F)F)c([2H])c([2H])c1-c1c([2H])c([2H])c(C([2H])([2H])N(CCN(CC)CC)C(=O)Cn2c(SC([2H])([2H])c3ccc(F)cc3)nc(=O)c3c2CCC3)c(C)c1[2H]. The summed E-state index contributed by atoms with van der Waals surface area (Å²) in [5.74, 6) is -1.53. The highest BCUT2D eigenvalue weighted by Gasteiger charge is 2.30. The predicted molar refractivity (Wildman–Crippen MR) is 181 cm³/mol. The number of aromatic nitrogens is 2. The average molecular weight is 692 g/mol. The summed E-state index contributed by atoms with van der Waals surface area (Å²) in [4.78, 5) is 34.6. The maximum Gasteiger partial charge on any atom is 0.416 e. The van der Waals surface area contributed by atoms with Crippen LogP contribution in [0.1, 0.15) is 68.9 Å². The monoisotopic (exact) mass is 691 g/mol. The molecule has 0 fully saturated rings. The lowest BCUT2D eigenvalue weighted by Crippen LogP contribution is -2.40. The molecule has 48 heavy (non-hydrogen) atoms. The number of nitrogens with zero attached hydrogens (tertiary/aromatic N) is 4. The van der Waals surface area contributed by atoms with Crippen molar-refractivity contribution in [2.45, 2.75) is 70.1 Å². The highest BCUT2D eigenvalue weighted by atomic mass is 32.2. The van der Waals surface area contributed by atoms with Crippen molar-refractivity contribution in [2.24, 2.45) is 0 Å². The van der Waals surface area contributed by atoms with Crippen LogP contribution in [0.4, 0.5) is 17.6 Å². The van der Waals surface area contributed by atoms with Crippen LogP contribution in [0.15, 0.2) is 76.5 Å².